The molecule has 2 aromatic rings. The number of amides is 1. The van der Waals surface area contributed by atoms with Gasteiger partial charge in [0.05, 0.1) is 23.5 Å². The van der Waals surface area contributed by atoms with Gasteiger partial charge in [-0.1, -0.05) is 13.8 Å². The van der Waals surface area contributed by atoms with Crippen LogP contribution < -0.4 is 10.9 Å². The van der Waals surface area contributed by atoms with Crippen molar-refractivity contribution in [3.05, 3.63) is 46.3 Å². The number of hydrogen-bond acceptors (Lipinski definition) is 7. The maximum Gasteiger partial charge on any atom is 0.240 e. The molecule has 1 saturated carbocycles. The number of hydrazine groups is 1. The zero-order chi connectivity index (χ0) is 27.4. The zero-order valence-electron chi connectivity index (χ0n) is 23.5. The molecular formula is C29H42FN7O2. The molecule has 10 heteroatoms. The van der Waals surface area contributed by atoms with E-state index < -0.39 is 5.82 Å². The molecule has 0 spiro atoms. The number of carbonyl (C=O) groups is 1. The van der Waals surface area contributed by atoms with Crippen molar-refractivity contribution >= 4 is 5.91 Å². The topological polar surface area (TPSA) is 99.8 Å². The molecule has 0 bridgehead atoms. The predicted molar refractivity (Wildman–Crippen MR) is 147 cm³/mol. The standard InChI is InChI=1S/C29H42FN7O2/c1-5-16-10-26(38)21(30)11-20(16)17-7-8-19-22(9-17)33-34-27(19)28-31-23-12-25(36(6-2)15-24(23)32-28)29(39)37-13-18(14-37)35(3)4/h10-11,17-19,22,25,27,33-34,38H,5-9,12-15H2,1-4H3,(H,31,32)/t17?,19?,22?,25-,27?/m1/s1. The fourth-order valence-electron chi connectivity index (χ4n) is 7.21. The molecule has 4 unspecified atom stereocenters. The summed E-state index contributed by atoms with van der Waals surface area (Å²) in [5, 5.41) is 9.85. The van der Waals surface area contributed by atoms with Gasteiger partial charge in [-0.05, 0) is 81.4 Å². The highest BCUT2D eigenvalue weighted by molar-refractivity contribution is 5.83. The van der Waals surface area contributed by atoms with Gasteiger partial charge in [-0.15, -0.1) is 0 Å². The van der Waals surface area contributed by atoms with E-state index in [9.17, 15) is 14.3 Å². The molecule has 39 heavy (non-hydrogen) atoms. The van der Waals surface area contributed by atoms with Gasteiger partial charge in [0.2, 0.25) is 5.91 Å². The summed E-state index contributed by atoms with van der Waals surface area (Å²) < 4.78 is 14.2. The number of aromatic nitrogens is 2. The molecule has 3 aliphatic heterocycles. The summed E-state index contributed by atoms with van der Waals surface area (Å²) in [6.45, 7) is 7.31. The number of nitrogens with one attached hydrogen (secondary N) is 3. The predicted octanol–water partition coefficient (Wildman–Crippen LogP) is 2.44. The first-order valence-corrected chi connectivity index (χ1v) is 14.6. The average molecular weight is 540 g/mol. The average Bonchev–Trinajstić information content (AvgIpc) is 3.50. The van der Waals surface area contributed by atoms with E-state index in [0.717, 1.165) is 73.7 Å². The maximum absolute atomic E-state index is 14.2. The minimum Gasteiger partial charge on any atom is -0.505 e. The Bertz CT molecular complexity index is 1230. The number of likely N-dealkylation sites (tertiary alicyclic amines) is 1. The second-order valence-electron chi connectivity index (χ2n) is 12.1. The maximum atomic E-state index is 14.2. The molecule has 3 fully saturated rings. The number of fused-ring (bicyclic) bond motifs is 2. The highest BCUT2D eigenvalue weighted by Crippen LogP contribution is 2.44. The van der Waals surface area contributed by atoms with Crippen LogP contribution in [-0.4, -0.2) is 87.5 Å². The van der Waals surface area contributed by atoms with Crippen LogP contribution in [0.1, 0.15) is 73.4 Å². The molecule has 212 valence electrons. The molecule has 2 saturated heterocycles. The second-order valence-corrected chi connectivity index (χ2v) is 12.1. The fourth-order valence-corrected chi connectivity index (χ4v) is 7.21. The van der Waals surface area contributed by atoms with Gasteiger partial charge in [0.1, 0.15) is 5.82 Å². The fraction of sp³-hybridized carbons (Fsp3) is 0.655. The Labute approximate surface area is 230 Å². The van der Waals surface area contributed by atoms with Gasteiger partial charge >= 0.3 is 0 Å². The number of imidazole rings is 1. The normalized spacial score (nSPS) is 29.4. The first-order valence-electron chi connectivity index (χ1n) is 14.6. The molecule has 1 aromatic carbocycles. The summed E-state index contributed by atoms with van der Waals surface area (Å²) >= 11 is 0. The van der Waals surface area contributed by atoms with E-state index in [4.69, 9.17) is 4.98 Å². The van der Waals surface area contributed by atoms with Crippen LogP contribution in [0.2, 0.25) is 0 Å². The first kappa shape index (κ1) is 26.7. The quantitative estimate of drug-likeness (QED) is 0.448. The Morgan fingerprint density at radius 1 is 1.21 bits per heavy atom. The summed E-state index contributed by atoms with van der Waals surface area (Å²) in [4.78, 5) is 28.5. The van der Waals surface area contributed by atoms with Gasteiger partial charge in [0.25, 0.3) is 0 Å². The molecule has 4 N–H and O–H groups in total. The van der Waals surface area contributed by atoms with E-state index in [0.29, 0.717) is 24.9 Å². The van der Waals surface area contributed by atoms with Crippen molar-refractivity contribution in [3.63, 3.8) is 0 Å². The lowest BCUT2D eigenvalue weighted by Crippen LogP contribution is -2.63. The van der Waals surface area contributed by atoms with Crippen molar-refractivity contribution in [2.45, 2.75) is 82.6 Å². The van der Waals surface area contributed by atoms with Crippen LogP contribution >= 0.6 is 0 Å². The molecule has 5 atom stereocenters. The lowest BCUT2D eigenvalue weighted by atomic mass is 9.73. The zero-order valence-corrected chi connectivity index (χ0v) is 23.5. The van der Waals surface area contributed by atoms with Crippen LogP contribution in [0, 0.1) is 11.7 Å². The number of halogens is 1. The van der Waals surface area contributed by atoms with E-state index in [-0.39, 0.29) is 35.7 Å². The number of phenolic OH excluding ortho intramolecular Hbond substituents is 1. The van der Waals surface area contributed by atoms with Crippen molar-refractivity contribution < 1.29 is 14.3 Å². The Kier molecular flexibility index (Phi) is 7.16. The summed E-state index contributed by atoms with van der Waals surface area (Å²) in [6, 6.07) is 3.76. The largest absolute Gasteiger partial charge is 0.505 e. The highest BCUT2D eigenvalue weighted by Gasteiger charge is 2.44. The van der Waals surface area contributed by atoms with Crippen LogP contribution in [0.25, 0.3) is 0 Å². The molecular weight excluding hydrogens is 497 g/mol. The first-order chi connectivity index (χ1) is 18.8. The Morgan fingerprint density at radius 3 is 2.72 bits per heavy atom. The minimum absolute atomic E-state index is 0.0733. The van der Waals surface area contributed by atoms with E-state index >= 15 is 0 Å². The highest BCUT2D eigenvalue weighted by atomic mass is 19.1. The number of phenols is 1. The molecule has 9 nitrogen and oxygen atoms in total. The van der Waals surface area contributed by atoms with Crippen LogP contribution in [0.4, 0.5) is 4.39 Å². The van der Waals surface area contributed by atoms with Crippen LogP contribution in [-0.2, 0) is 24.2 Å². The van der Waals surface area contributed by atoms with Crippen molar-refractivity contribution in [2.24, 2.45) is 5.92 Å². The van der Waals surface area contributed by atoms with Crippen molar-refractivity contribution in [3.8, 4) is 5.75 Å². The van der Waals surface area contributed by atoms with Gasteiger partial charge in [-0.2, -0.15) is 0 Å². The third-order valence-corrected chi connectivity index (χ3v) is 9.75. The van der Waals surface area contributed by atoms with Gasteiger partial charge in [-0.3, -0.25) is 15.1 Å². The molecule has 4 heterocycles. The third kappa shape index (κ3) is 4.75. The molecule has 1 aromatic heterocycles. The van der Waals surface area contributed by atoms with E-state index in [1.165, 1.54) is 6.07 Å². The number of aryl methyl sites for hydroxylation is 1. The number of aromatic hydroxyl groups is 1. The number of hydrogen-bond donors (Lipinski definition) is 4. The Hall–Kier alpha value is -2.53. The molecule has 4 aliphatic rings. The van der Waals surface area contributed by atoms with Crippen molar-refractivity contribution in [1.82, 2.24) is 35.5 Å². The SMILES string of the molecule is CCc1cc(O)c(F)cc1C1CCC2C(C1)NNC2c1nc2c([nH]1)CN(CC)[C@@H](C(=O)N1CC(N(C)C)C1)C2. The summed E-state index contributed by atoms with van der Waals surface area (Å²) in [5.74, 6) is 1.01. The molecule has 0 radical (unpaired) electrons. The van der Waals surface area contributed by atoms with Gasteiger partial charge < -0.3 is 19.9 Å². The number of carbonyl (C=O) groups excluding carboxylic acids is 1. The lowest BCUT2D eigenvalue weighted by Gasteiger charge is -2.46. The molecule has 1 amide bonds. The number of H-pyrrole nitrogens is 1. The minimum atomic E-state index is -0.537. The number of likely N-dealkylation sites (N-methyl/N-ethyl adjacent to an activating group) is 2. The van der Waals surface area contributed by atoms with Gasteiger partial charge in [0, 0.05) is 38.1 Å². The smallest absolute Gasteiger partial charge is 0.240 e. The van der Waals surface area contributed by atoms with Gasteiger partial charge in [0.15, 0.2) is 11.6 Å². The monoisotopic (exact) mass is 539 g/mol. The Morgan fingerprint density at radius 2 is 2.00 bits per heavy atom. The van der Waals surface area contributed by atoms with Crippen LogP contribution in [0.3, 0.4) is 0 Å². The van der Waals surface area contributed by atoms with Crippen molar-refractivity contribution in [2.75, 3.05) is 33.7 Å². The van der Waals surface area contributed by atoms with E-state index in [1.54, 1.807) is 6.07 Å². The summed E-state index contributed by atoms with van der Waals surface area (Å²) in [7, 11) is 4.14. The number of benzene rings is 1. The third-order valence-electron chi connectivity index (χ3n) is 9.75. The van der Waals surface area contributed by atoms with Crippen molar-refractivity contribution in [1.29, 1.82) is 0 Å². The van der Waals surface area contributed by atoms with Gasteiger partial charge in [-0.25, -0.2) is 14.8 Å². The Balaban J connectivity index is 1.14. The lowest BCUT2D eigenvalue weighted by molar-refractivity contribution is -0.144. The second kappa shape index (κ2) is 10.5. The molecule has 1 aliphatic carbocycles. The summed E-state index contributed by atoms with van der Waals surface area (Å²) in [5.41, 5.74) is 11.2. The number of rotatable bonds is 6. The number of nitrogens with zero attached hydrogens (tertiary/aromatic N) is 4. The van der Waals surface area contributed by atoms with Crippen LogP contribution in [0.5, 0.6) is 5.75 Å². The summed E-state index contributed by atoms with van der Waals surface area (Å²) in [6.07, 6.45) is 4.30. The number of aromatic amines is 1. The van der Waals surface area contributed by atoms with E-state index in [1.807, 2.05) is 11.8 Å². The van der Waals surface area contributed by atoms with E-state index in [2.05, 4.69) is 46.7 Å². The van der Waals surface area contributed by atoms with Crippen LogP contribution in [0.15, 0.2) is 12.1 Å². The molecule has 6 rings (SSSR count).